The minimum absolute atomic E-state index is 0.0545. The SMILES string of the molecule is C[C@@H](Oc1ccc(C#N)cc1)C(=O)O[C@H](C)C(=O)N(C)[C@@H]1CCS(=O)(=O)C1. The smallest absolute Gasteiger partial charge is 0.347 e. The number of rotatable bonds is 6. The van der Waals surface area contributed by atoms with Crippen LogP contribution >= 0.6 is 0 Å². The summed E-state index contributed by atoms with van der Waals surface area (Å²) >= 11 is 0. The molecule has 1 heterocycles. The summed E-state index contributed by atoms with van der Waals surface area (Å²) in [6, 6.07) is 7.81. The molecule has 1 saturated heterocycles. The van der Waals surface area contributed by atoms with Crippen molar-refractivity contribution in [1.29, 1.82) is 5.26 Å². The van der Waals surface area contributed by atoms with Crippen LogP contribution in [0.2, 0.25) is 0 Å². The summed E-state index contributed by atoms with van der Waals surface area (Å²) in [5.74, 6) is -0.804. The van der Waals surface area contributed by atoms with Gasteiger partial charge >= 0.3 is 5.97 Å². The largest absolute Gasteiger partial charge is 0.479 e. The number of carbonyl (C=O) groups excluding carboxylic acids is 2. The van der Waals surface area contributed by atoms with E-state index in [1.807, 2.05) is 6.07 Å². The predicted octanol–water partition coefficient (Wildman–Crippen LogP) is 0.903. The van der Waals surface area contributed by atoms with Crippen LogP contribution in [-0.2, 0) is 24.2 Å². The molecule has 3 atom stereocenters. The molecule has 0 spiro atoms. The van der Waals surface area contributed by atoms with Crippen LogP contribution in [0.3, 0.4) is 0 Å². The molecule has 0 unspecified atom stereocenters. The Hall–Kier alpha value is -2.60. The lowest BCUT2D eigenvalue weighted by atomic mass is 10.2. The molecule has 0 N–H and O–H groups in total. The summed E-state index contributed by atoms with van der Waals surface area (Å²) in [5.41, 5.74) is 0.466. The van der Waals surface area contributed by atoms with E-state index in [4.69, 9.17) is 14.7 Å². The number of likely N-dealkylation sites (N-methyl/N-ethyl adjacent to an activating group) is 1. The molecule has 8 nitrogen and oxygen atoms in total. The molecule has 1 aliphatic rings. The fraction of sp³-hybridized carbons (Fsp3) is 0.500. The molecule has 1 amide bonds. The minimum atomic E-state index is -3.12. The molecule has 0 radical (unpaired) electrons. The van der Waals surface area contributed by atoms with Crippen LogP contribution in [0.1, 0.15) is 25.8 Å². The van der Waals surface area contributed by atoms with Gasteiger partial charge in [0, 0.05) is 13.1 Å². The van der Waals surface area contributed by atoms with E-state index >= 15 is 0 Å². The van der Waals surface area contributed by atoms with Crippen molar-refractivity contribution in [2.75, 3.05) is 18.6 Å². The topological polar surface area (TPSA) is 114 Å². The Labute approximate surface area is 158 Å². The van der Waals surface area contributed by atoms with Gasteiger partial charge in [-0.1, -0.05) is 0 Å². The maximum Gasteiger partial charge on any atom is 0.347 e. The second kappa shape index (κ2) is 8.39. The fourth-order valence-corrected chi connectivity index (χ4v) is 4.50. The number of nitrogens with zero attached hydrogens (tertiary/aromatic N) is 2. The van der Waals surface area contributed by atoms with Crippen molar-refractivity contribution in [1.82, 2.24) is 4.90 Å². The van der Waals surface area contributed by atoms with Crippen LogP contribution in [-0.4, -0.2) is 62.0 Å². The number of ether oxygens (including phenoxy) is 2. The van der Waals surface area contributed by atoms with Crippen LogP contribution in [0.15, 0.2) is 24.3 Å². The van der Waals surface area contributed by atoms with E-state index < -0.39 is 40.0 Å². The Bertz CT molecular complexity index is 844. The predicted molar refractivity (Wildman–Crippen MR) is 96.6 cm³/mol. The average molecular weight is 394 g/mol. The summed E-state index contributed by atoms with van der Waals surface area (Å²) < 4.78 is 33.7. The number of esters is 1. The first-order valence-corrected chi connectivity index (χ1v) is 10.3. The molecular formula is C18H22N2O6S. The van der Waals surface area contributed by atoms with E-state index in [1.54, 1.807) is 24.3 Å². The molecule has 0 aliphatic carbocycles. The Balaban J connectivity index is 1.89. The lowest BCUT2D eigenvalue weighted by molar-refractivity contribution is -0.164. The molecule has 0 bridgehead atoms. The quantitative estimate of drug-likeness (QED) is 0.659. The van der Waals surface area contributed by atoms with Crippen LogP contribution in [0, 0.1) is 11.3 Å². The Kier molecular flexibility index (Phi) is 6.44. The lowest BCUT2D eigenvalue weighted by Gasteiger charge is -2.26. The molecule has 0 aromatic heterocycles. The minimum Gasteiger partial charge on any atom is -0.479 e. The van der Waals surface area contributed by atoms with E-state index in [-0.39, 0.29) is 11.5 Å². The van der Waals surface area contributed by atoms with Gasteiger partial charge in [-0.25, -0.2) is 13.2 Å². The first-order chi connectivity index (χ1) is 12.6. The highest BCUT2D eigenvalue weighted by molar-refractivity contribution is 7.91. The van der Waals surface area contributed by atoms with Gasteiger partial charge in [0.15, 0.2) is 22.0 Å². The number of hydrogen-bond acceptors (Lipinski definition) is 7. The lowest BCUT2D eigenvalue weighted by Crippen LogP contribution is -2.45. The van der Waals surface area contributed by atoms with E-state index in [2.05, 4.69) is 0 Å². The molecule has 1 aromatic rings. The molecule has 2 rings (SSSR count). The van der Waals surface area contributed by atoms with Gasteiger partial charge in [-0.05, 0) is 44.5 Å². The van der Waals surface area contributed by atoms with Crippen LogP contribution in [0.4, 0.5) is 0 Å². The van der Waals surface area contributed by atoms with Gasteiger partial charge in [0.2, 0.25) is 0 Å². The van der Waals surface area contributed by atoms with Crippen molar-refractivity contribution < 1.29 is 27.5 Å². The summed E-state index contributed by atoms with van der Waals surface area (Å²) in [4.78, 5) is 25.9. The molecule has 146 valence electrons. The van der Waals surface area contributed by atoms with E-state index in [9.17, 15) is 18.0 Å². The highest BCUT2D eigenvalue weighted by Crippen LogP contribution is 2.18. The fourth-order valence-electron chi connectivity index (χ4n) is 2.73. The Morgan fingerprint density at radius 3 is 2.37 bits per heavy atom. The second-order valence-corrected chi connectivity index (χ2v) is 8.71. The van der Waals surface area contributed by atoms with Gasteiger partial charge in [0.1, 0.15) is 5.75 Å². The molecule has 1 aromatic carbocycles. The summed E-state index contributed by atoms with van der Waals surface area (Å²) in [5, 5.41) is 8.77. The van der Waals surface area contributed by atoms with Gasteiger partial charge in [-0.3, -0.25) is 4.79 Å². The maximum atomic E-state index is 12.4. The zero-order valence-electron chi connectivity index (χ0n) is 15.4. The molecule has 1 aliphatic heterocycles. The number of benzene rings is 1. The van der Waals surface area contributed by atoms with Gasteiger partial charge in [-0.15, -0.1) is 0 Å². The summed E-state index contributed by atoms with van der Waals surface area (Å²) in [7, 11) is -1.61. The molecule has 1 fully saturated rings. The first-order valence-electron chi connectivity index (χ1n) is 8.47. The summed E-state index contributed by atoms with van der Waals surface area (Å²) in [6.07, 6.45) is -1.63. The standard InChI is InChI=1S/C18H22N2O6S/c1-12(17(21)20(3)15-8-9-27(23,24)11-15)26-18(22)13(2)25-16-6-4-14(10-19)5-7-16/h4-7,12-13,15H,8-9,11H2,1-3H3/t12-,13-,15-/m1/s1. The van der Waals surface area contributed by atoms with Crippen molar-refractivity contribution in [3.05, 3.63) is 29.8 Å². The monoisotopic (exact) mass is 394 g/mol. The number of sulfone groups is 1. The van der Waals surface area contributed by atoms with Gasteiger partial charge in [-0.2, -0.15) is 5.26 Å². The zero-order valence-corrected chi connectivity index (χ0v) is 16.2. The van der Waals surface area contributed by atoms with Crippen molar-refractivity contribution in [2.45, 2.75) is 38.5 Å². The molecule has 9 heteroatoms. The van der Waals surface area contributed by atoms with Crippen molar-refractivity contribution in [3.8, 4) is 11.8 Å². The third-order valence-electron chi connectivity index (χ3n) is 4.37. The average Bonchev–Trinajstić information content (AvgIpc) is 3.00. The number of nitriles is 1. The second-order valence-electron chi connectivity index (χ2n) is 6.48. The highest BCUT2D eigenvalue weighted by atomic mass is 32.2. The molecule has 0 saturated carbocycles. The molecule has 27 heavy (non-hydrogen) atoms. The van der Waals surface area contributed by atoms with E-state index in [0.717, 1.165) is 0 Å². The van der Waals surface area contributed by atoms with Crippen LogP contribution in [0.5, 0.6) is 5.75 Å². The summed E-state index contributed by atoms with van der Waals surface area (Å²) in [6.45, 7) is 2.93. The third kappa shape index (κ3) is 5.44. The van der Waals surface area contributed by atoms with Crippen LogP contribution in [0.25, 0.3) is 0 Å². The number of hydrogen-bond donors (Lipinski definition) is 0. The van der Waals surface area contributed by atoms with Crippen molar-refractivity contribution in [2.24, 2.45) is 0 Å². The first kappa shape index (κ1) is 20.7. The molecular weight excluding hydrogens is 372 g/mol. The number of amides is 1. The Morgan fingerprint density at radius 1 is 1.22 bits per heavy atom. The normalized spacial score (nSPS) is 20.1. The van der Waals surface area contributed by atoms with Crippen LogP contribution < -0.4 is 4.74 Å². The zero-order chi connectivity index (χ0) is 20.2. The van der Waals surface area contributed by atoms with Crippen molar-refractivity contribution in [3.63, 3.8) is 0 Å². The van der Waals surface area contributed by atoms with Crippen molar-refractivity contribution >= 4 is 21.7 Å². The highest BCUT2D eigenvalue weighted by Gasteiger charge is 2.35. The van der Waals surface area contributed by atoms with Gasteiger partial charge in [0.05, 0.1) is 23.1 Å². The maximum absolute atomic E-state index is 12.4. The van der Waals surface area contributed by atoms with E-state index in [0.29, 0.717) is 17.7 Å². The Morgan fingerprint density at radius 2 is 1.85 bits per heavy atom. The third-order valence-corrected chi connectivity index (χ3v) is 6.12. The van der Waals surface area contributed by atoms with E-state index in [1.165, 1.54) is 25.8 Å². The van der Waals surface area contributed by atoms with Gasteiger partial charge < -0.3 is 14.4 Å². The van der Waals surface area contributed by atoms with Gasteiger partial charge in [0.25, 0.3) is 5.91 Å². The number of carbonyl (C=O) groups is 2.